The van der Waals surface area contributed by atoms with E-state index >= 15 is 0 Å². The normalized spacial score (nSPS) is 11.8. The molecule has 0 saturated heterocycles. The van der Waals surface area contributed by atoms with Crippen LogP contribution in [0.5, 0.6) is 5.75 Å². The van der Waals surface area contributed by atoms with Crippen molar-refractivity contribution in [2.75, 3.05) is 0 Å². The zero-order valence-electron chi connectivity index (χ0n) is 16.1. The molecule has 0 aliphatic carbocycles. The highest BCUT2D eigenvalue weighted by atomic mass is 35.5. The van der Waals surface area contributed by atoms with E-state index in [9.17, 15) is 13.2 Å². The van der Waals surface area contributed by atoms with E-state index in [4.69, 9.17) is 51.5 Å². The van der Waals surface area contributed by atoms with Crippen molar-refractivity contribution in [3.05, 3.63) is 67.8 Å². The summed E-state index contributed by atoms with van der Waals surface area (Å²) in [6.45, 7) is 5.02. The zero-order chi connectivity index (χ0) is 23.1. The van der Waals surface area contributed by atoms with Crippen molar-refractivity contribution in [2.45, 2.75) is 25.7 Å². The van der Waals surface area contributed by atoms with E-state index < -0.39 is 15.9 Å². The van der Waals surface area contributed by atoms with E-state index in [1.807, 2.05) is 11.6 Å². The summed E-state index contributed by atoms with van der Waals surface area (Å²) in [6.07, 6.45) is 2.78. The maximum absolute atomic E-state index is 12.1. The van der Waals surface area contributed by atoms with Crippen LogP contribution in [0.3, 0.4) is 0 Å². The lowest BCUT2D eigenvalue weighted by Gasteiger charge is -2.08. The smallest absolute Gasteiger partial charge is 0.283 e. The van der Waals surface area contributed by atoms with Gasteiger partial charge in [-0.25, -0.2) is 13.1 Å². The minimum atomic E-state index is -4.09. The van der Waals surface area contributed by atoms with Crippen LogP contribution in [-0.2, 0) is 14.8 Å². The minimum Gasteiger partial charge on any atom is -0.506 e. The number of nitrogens with zero attached hydrogens (tertiary/aromatic N) is 1. The number of nitrogens with one attached hydrogen (secondary N) is 1. The number of aliphatic imine (C=N–C) groups is 1. The maximum Gasteiger partial charge on any atom is 0.283 e. The molecule has 0 bridgehead atoms. The van der Waals surface area contributed by atoms with Crippen molar-refractivity contribution < 1.29 is 18.3 Å². The summed E-state index contributed by atoms with van der Waals surface area (Å²) < 4.78 is 26.0. The van der Waals surface area contributed by atoms with Crippen molar-refractivity contribution >= 4 is 68.5 Å². The Morgan fingerprint density at radius 2 is 1.70 bits per heavy atom. The highest BCUT2D eigenvalue weighted by Gasteiger charge is 2.22. The Kier molecular flexibility index (Phi) is 10.1. The van der Waals surface area contributed by atoms with Gasteiger partial charge in [0.25, 0.3) is 15.9 Å². The van der Waals surface area contributed by atoms with Crippen LogP contribution in [0, 0.1) is 6.92 Å². The Labute approximate surface area is 195 Å². The summed E-state index contributed by atoms with van der Waals surface area (Å²) in [4.78, 5) is 15.3. The monoisotopic (exact) mass is 510 g/mol. The van der Waals surface area contributed by atoms with Gasteiger partial charge in [-0.15, -0.1) is 0 Å². The number of carbonyl (C=O) groups excluding carboxylic acids is 1. The molecule has 2 rings (SSSR count). The molecule has 0 spiro atoms. The number of benzene rings is 2. The van der Waals surface area contributed by atoms with Crippen molar-refractivity contribution in [1.29, 1.82) is 0 Å². The highest BCUT2D eigenvalue weighted by molar-refractivity contribution is 7.90. The molecule has 162 valence electrons. The molecule has 0 fully saturated rings. The molecule has 0 aromatic heterocycles. The fourth-order valence-corrected chi connectivity index (χ4v) is 4.14. The van der Waals surface area contributed by atoms with E-state index in [1.54, 1.807) is 26.0 Å². The number of phenols is 1. The van der Waals surface area contributed by atoms with Crippen LogP contribution < -0.4 is 4.72 Å². The van der Waals surface area contributed by atoms with E-state index in [1.165, 1.54) is 30.5 Å². The number of halogens is 4. The first-order chi connectivity index (χ1) is 13.9. The van der Waals surface area contributed by atoms with E-state index in [0.29, 0.717) is 10.0 Å². The molecule has 6 nitrogen and oxygen atoms in total. The molecule has 0 saturated carbocycles. The molecule has 0 aliphatic heterocycles. The predicted octanol–water partition coefficient (Wildman–Crippen LogP) is 5.80. The molecule has 0 atom stereocenters. The SMILES string of the molecule is CC=N/C(=C\C)C(=O)NS(=O)(=O)c1ccc(Cl)cc1Cl.Cc1cc(O)c(Cl)c(Cl)c1. The summed E-state index contributed by atoms with van der Waals surface area (Å²) in [6, 6.07) is 7.13. The van der Waals surface area contributed by atoms with Gasteiger partial charge in [0.15, 0.2) is 0 Å². The van der Waals surface area contributed by atoms with Gasteiger partial charge in [-0.1, -0.05) is 52.5 Å². The maximum atomic E-state index is 12.1. The molecule has 2 aromatic rings. The number of carbonyl (C=O) groups is 1. The van der Waals surface area contributed by atoms with Crippen LogP contribution in [-0.4, -0.2) is 25.6 Å². The Hall–Kier alpha value is -1.77. The zero-order valence-corrected chi connectivity index (χ0v) is 19.9. The van der Waals surface area contributed by atoms with Gasteiger partial charge in [-0.2, -0.15) is 0 Å². The van der Waals surface area contributed by atoms with Gasteiger partial charge in [-0.05, 0) is 56.7 Å². The second-order valence-corrected chi connectivity index (χ2v) is 8.93. The molecule has 11 heteroatoms. The molecule has 0 radical (unpaired) electrons. The fourth-order valence-electron chi connectivity index (χ4n) is 2.03. The number of aryl methyl sites for hydroxylation is 1. The summed E-state index contributed by atoms with van der Waals surface area (Å²) >= 11 is 22.7. The van der Waals surface area contributed by atoms with Gasteiger partial charge < -0.3 is 5.11 Å². The number of hydrogen-bond donors (Lipinski definition) is 2. The first-order valence-corrected chi connectivity index (χ1v) is 11.2. The van der Waals surface area contributed by atoms with Crippen LogP contribution in [0.4, 0.5) is 0 Å². The average Bonchev–Trinajstić information content (AvgIpc) is 2.63. The lowest BCUT2D eigenvalue weighted by Crippen LogP contribution is -2.31. The average molecular weight is 512 g/mol. The molecular weight excluding hydrogens is 494 g/mol. The molecule has 30 heavy (non-hydrogen) atoms. The van der Waals surface area contributed by atoms with Crippen LogP contribution in [0.2, 0.25) is 20.1 Å². The van der Waals surface area contributed by atoms with Gasteiger partial charge in [0.2, 0.25) is 0 Å². The summed E-state index contributed by atoms with van der Waals surface area (Å²) in [5, 5.41) is 9.89. The Morgan fingerprint density at radius 1 is 1.07 bits per heavy atom. The second kappa shape index (κ2) is 11.6. The van der Waals surface area contributed by atoms with Crippen LogP contribution in [0.1, 0.15) is 19.4 Å². The number of allylic oxidation sites excluding steroid dienone is 1. The molecule has 2 aromatic carbocycles. The summed E-state index contributed by atoms with van der Waals surface area (Å²) in [5.41, 5.74) is 0.882. The van der Waals surface area contributed by atoms with E-state index in [-0.39, 0.29) is 26.4 Å². The molecular formula is C19H18Cl4N2O4S. The van der Waals surface area contributed by atoms with Gasteiger partial charge >= 0.3 is 0 Å². The minimum absolute atomic E-state index is 0.0128. The van der Waals surface area contributed by atoms with Crippen molar-refractivity contribution in [3.8, 4) is 5.75 Å². The van der Waals surface area contributed by atoms with Gasteiger partial charge in [0.1, 0.15) is 21.4 Å². The number of rotatable bonds is 4. The Bertz CT molecular complexity index is 1080. The summed E-state index contributed by atoms with van der Waals surface area (Å²) in [5.74, 6) is -0.803. The number of amides is 1. The largest absolute Gasteiger partial charge is 0.506 e. The number of sulfonamides is 1. The van der Waals surface area contributed by atoms with E-state index in [0.717, 1.165) is 5.56 Å². The predicted molar refractivity (Wildman–Crippen MR) is 123 cm³/mol. The topological polar surface area (TPSA) is 95.8 Å². The van der Waals surface area contributed by atoms with Crippen LogP contribution >= 0.6 is 46.4 Å². The second-order valence-electron chi connectivity index (χ2n) is 5.65. The van der Waals surface area contributed by atoms with Crippen molar-refractivity contribution in [1.82, 2.24) is 4.72 Å². The molecule has 0 aliphatic rings. The van der Waals surface area contributed by atoms with Gasteiger partial charge in [-0.3, -0.25) is 9.79 Å². The van der Waals surface area contributed by atoms with Gasteiger partial charge in [0, 0.05) is 11.2 Å². The summed E-state index contributed by atoms with van der Waals surface area (Å²) in [7, 11) is -4.09. The third kappa shape index (κ3) is 7.49. The number of phenolic OH excluding ortho intramolecular Hbond substituents is 1. The molecule has 2 N–H and O–H groups in total. The van der Waals surface area contributed by atoms with Crippen molar-refractivity contribution in [3.63, 3.8) is 0 Å². The lowest BCUT2D eigenvalue weighted by atomic mass is 10.2. The molecule has 1 amide bonds. The quantitative estimate of drug-likeness (QED) is 0.400. The first-order valence-electron chi connectivity index (χ1n) is 8.24. The third-order valence-corrected chi connectivity index (χ3v) is 6.18. The van der Waals surface area contributed by atoms with Gasteiger partial charge in [0.05, 0.1) is 10.0 Å². The Morgan fingerprint density at radius 3 is 2.20 bits per heavy atom. The Balaban J connectivity index is 0.000000375. The highest BCUT2D eigenvalue weighted by Crippen LogP contribution is 2.31. The number of aromatic hydroxyl groups is 1. The standard InChI is InChI=1S/C12H12Cl2N2O3S.C7H6Cl2O/c1-3-10(15-4-2)12(17)16-20(18,19)11-6-5-8(13)7-9(11)14;1-4-2-5(8)7(9)6(10)3-4/h3-7H,1-2H3,(H,16,17);2-3,10H,1H3/b10-3-,15-4?;. The number of hydrogen-bond acceptors (Lipinski definition) is 5. The van der Waals surface area contributed by atoms with Crippen LogP contribution in [0.25, 0.3) is 0 Å². The van der Waals surface area contributed by atoms with E-state index in [2.05, 4.69) is 4.99 Å². The van der Waals surface area contributed by atoms with Crippen LogP contribution in [0.15, 0.2) is 52.0 Å². The molecule has 0 unspecified atom stereocenters. The fraction of sp³-hybridized carbons (Fsp3) is 0.158. The first kappa shape index (κ1) is 26.3. The third-order valence-electron chi connectivity index (χ3n) is 3.34. The molecule has 0 heterocycles. The van der Waals surface area contributed by atoms with Crippen molar-refractivity contribution in [2.24, 2.45) is 4.99 Å². The lowest BCUT2D eigenvalue weighted by molar-refractivity contribution is -0.115.